The van der Waals surface area contributed by atoms with E-state index in [9.17, 15) is 4.79 Å². The molecule has 1 heterocycles. The number of amides is 1. The lowest BCUT2D eigenvalue weighted by Crippen LogP contribution is -2.14. The number of halogens is 1. The fourth-order valence-electron chi connectivity index (χ4n) is 2.53. The van der Waals surface area contributed by atoms with E-state index in [1.54, 1.807) is 0 Å². The van der Waals surface area contributed by atoms with Gasteiger partial charge in [-0.2, -0.15) is 0 Å². The molecule has 2 nitrogen and oxygen atoms in total. The minimum Gasteiger partial charge on any atom is -0.325 e. The van der Waals surface area contributed by atoms with Crippen LogP contribution in [0, 0.1) is 6.92 Å². The zero-order valence-electron chi connectivity index (χ0n) is 10.6. The molecule has 96 valence electrons. The Hall–Kier alpha value is -1.61. The lowest BCUT2D eigenvalue weighted by atomic mass is 9.92. The van der Waals surface area contributed by atoms with E-state index in [2.05, 4.69) is 40.3 Å². The lowest BCUT2D eigenvalue weighted by molar-refractivity contribution is -0.117. The Labute approximate surface area is 121 Å². The van der Waals surface area contributed by atoms with E-state index in [0.29, 0.717) is 0 Å². The molecule has 0 spiro atoms. The van der Waals surface area contributed by atoms with Gasteiger partial charge in [-0.25, -0.2) is 0 Å². The molecule has 19 heavy (non-hydrogen) atoms. The fraction of sp³-hybridized carbons (Fsp3) is 0.188. The third-order valence-corrected chi connectivity index (χ3v) is 4.31. The van der Waals surface area contributed by atoms with Gasteiger partial charge in [0.2, 0.25) is 5.91 Å². The maximum atomic E-state index is 12.1. The number of carbonyl (C=O) groups excluding carboxylic acids is 1. The molecule has 0 aromatic heterocycles. The molecule has 1 N–H and O–H groups in total. The summed E-state index contributed by atoms with van der Waals surface area (Å²) in [6.45, 7) is 2.05. The Morgan fingerprint density at radius 3 is 2.79 bits per heavy atom. The average Bonchev–Trinajstić information content (AvgIpc) is 2.69. The number of carbonyl (C=O) groups is 1. The van der Waals surface area contributed by atoms with Crippen molar-refractivity contribution in [2.75, 3.05) is 5.32 Å². The number of fused-ring (bicyclic) bond motifs is 1. The summed E-state index contributed by atoms with van der Waals surface area (Å²) < 4.78 is 1.06. The van der Waals surface area contributed by atoms with Gasteiger partial charge in [0.25, 0.3) is 0 Å². The second-order valence-electron chi connectivity index (χ2n) is 4.93. The zero-order chi connectivity index (χ0) is 13.4. The van der Waals surface area contributed by atoms with Crippen molar-refractivity contribution in [3.63, 3.8) is 0 Å². The monoisotopic (exact) mass is 315 g/mol. The van der Waals surface area contributed by atoms with Gasteiger partial charge in [0.05, 0.1) is 5.92 Å². The Balaban J connectivity index is 1.97. The van der Waals surface area contributed by atoms with Gasteiger partial charge in [-0.05, 0) is 36.6 Å². The van der Waals surface area contributed by atoms with Crippen molar-refractivity contribution in [2.24, 2.45) is 0 Å². The van der Waals surface area contributed by atoms with Crippen LogP contribution in [-0.2, 0) is 11.2 Å². The lowest BCUT2D eigenvalue weighted by Gasteiger charge is -2.11. The minimum absolute atomic E-state index is 0.0893. The summed E-state index contributed by atoms with van der Waals surface area (Å²) in [6.07, 6.45) is 0.726. The molecule has 0 aliphatic carbocycles. The SMILES string of the molecule is Cc1ccc2c(c1)[C@@H](Cc1ccccc1Br)C(=O)N2. The van der Waals surface area contributed by atoms with Crippen LogP contribution < -0.4 is 5.32 Å². The molecule has 1 aliphatic rings. The van der Waals surface area contributed by atoms with Crippen LogP contribution in [0.2, 0.25) is 0 Å². The number of anilines is 1. The zero-order valence-corrected chi connectivity index (χ0v) is 12.2. The van der Waals surface area contributed by atoms with Gasteiger partial charge < -0.3 is 5.32 Å². The van der Waals surface area contributed by atoms with Crippen LogP contribution >= 0.6 is 15.9 Å². The number of aryl methyl sites for hydroxylation is 1. The summed E-state index contributed by atoms with van der Waals surface area (Å²) in [5.74, 6) is 0.00459. The second-order valence-corrected chi connectivity index (χ2v) is 5.78. The van der Waals surface area contributed by atoms with Crippen LogP contribution in [0.3, 0.4) is 0 Å². The van der Waals surface area contributed by atoms with Crippen LogP contribution in [0.15, 0.2) is 46.9 Å². The van der Waals surface area contributed by atoms with Gasteiger partial charge in [0.15, 0.2) is 0 Å². The van der Waals surface area contributed by atoms with Gasteiger partial charge in [-0.15, -0.1) is 0 Å². The molecule has 2 aromatic carbocycles. The minimum atomic E-state index is -0.0893. The first-order valence-electron chi connectivity index (χ1n) is 6.30. The first-order valence-corrected chi connectivity index (χ1v) is 7.09. The highest BCUT2D eigenvalue weighted by molar-refractivity contribution is 9.10. The van der Waals surface area contributed by atoms with Gasteiger partial charge in [-0.3, -0.25) is 4.79 Å². The molecule has 1 atom stereocenters. The Bertz CT molecular complexity index is 651. The molecule has 0 bridgehead atoms. The smallest absolute Gasteiger partial charge is 0.232 e. The highest BCUT2D eigenvalue weighted by Crippen LogP contribution is 2.36. The van der Waals surface area contributed by atoms with Gasteiger partial charge in [0.1, 0.15) is 0 Å². The summed E-state index contributed by atoms with van der Waals surface area (Å²) in [5.41, 5.74) is 4.41. The van der Waals surface area contributed by atoms with Crippen LogP contribution in [0.5, 0.6) is 0 Å². The van der Waals surface area contributed by atoms with Crippen LogP contribution in [0.4, 0.5) is 5.69 Å². The van der Waals surface area contributed by atoms with Crippen LogP contribution in [0.25, 0.3) is 0 Å². The van der Waals surface area contributed by atoms with Crippen molar-refractivity contribution in [1.82, 2.24) is 0 Å². The van der Waals surface area contributed by atoms with E-state index in [4.69, 9.17) is 0 Å². The standard InChI is InChI=1S/C16H14BrNO/c1-10-6-7-15-12(8-10)13(16(19)18-15)9-11-4-2-3-5-14(11)17/h2-8,13H,9H2,1H3,(H,18,19)/t13-/m1/s1. The molecule has 3 heteroatoms. The summed E-state index contributed by atoms with van der Waals surface area (Å²) >= 11 is 3.55. The predicted molar refractivity (Wildman–Crippen MR) is 80.4 cm³/mol. The maximum absolute atomic E-state index is 12.1. The Kier molecular flexibility index (Phi) is 3.15. The number of hydrogen-bond donors (Lipinski definition) is 1. The molecular weight excluding hydrogens is 302 g/mol. The topological polar surface area (TPSA) is 29.1 Å². The molecule has 0 saturated heterocycles. The number of benzene rings is 2. The highest BCUT2D eigenvalue weighted by Gasteiger charge is 2.30. The van der Waals surface area contributed by atoms with E-state index >= 15 is 0 Å². The van der Waals surface area contributed by atoms with Crippen molar-refractivity contribution in [3.05, 3.63) is 63.6 Å². The average molecular weight is 316 g/mol. The molecular formula is C16H14BrNO. The first kappa shape index (κ1) is 12.4. The molecule has 0 unspecified atom stereocenters. The molecule has 3 rings (SSSR count). The summed E-state index contributed by atoms with van der Waals surface area (Å²) in [5, 5.41) is 2.96. The third-order valence-electron chi connectivity index (χ3n) is 3.54. The van der Waals surface area contributed by atoms with Crippen molar-refractivity contribution < 1.29 is 4.79 Å². The van der Waals surface area contributed by atoms with Crippen molar-refractivity contribution in [1.29, 1.82) is 0 Å². The number of nitrogens with one attached hydrogen (secondary N) is 1. The van der Waals surface area contributed by atoms with Gasteiger partial charge >= 0.3 is 0 Å². The predicted octanol–water partition coefficient (Wildman–Crippen LogP) is 4.04. The van der Waals surface area contributed by atoms with E-state index in [0.717, 1.165) is 27.7 Å². The summed E-state index contributed by atoms with van der Waals surface area (Å²) in [6, 6.07) is 14.2. The second kappa shape index (κ2) is 4.82. The van der Waals surface area contributed by atoms with Crippen LogP contribution in [0.1, 0.15) is 22.6 Å². The molecule has 0 fully saturated rings. The van der Waals surface area contributed by atoms with Gasteiger partial charge in [-0.1, -0.05) is 51.8 Å². The molecule has 1 aliphatic heterocycles. The highest BCUT2D eigenvalue weighted by atomic mass is 79.9. The van der Waals surface area contributed by atoms with Crippen LogP contribution in [-0.4, -0.2) is 5.91 Å². The largest absolute Gasteiger partial charge is 0.325 e. The van der Waals surface area contributed by atoms with E-state index < -0.39 is 0 Å². The molecule has 0 radical (unpaired) electrons. The quantitative estimate of drug-likeness (QED) is 0.890. The Morgan fingerprint density at radius 1 is 1.21 bits per heavy atom. The summed E-state index contributed by atoms with van der Waals surface area (Å²) in [7, 11) is 0. The normalized spacial score (nSPS) is 17.2. The van der Waals surface area contributed by atoms with E-state index in [-0.39, 0.29) is 11.8 Å². The third kappa shape index (κ3) is 2.30. The molecule has 0 saturated carbocycles. The van der Waals surface area contributed by atoms with Crippen molar-refractivity contribution >= 4 is 27.5 Å². The van der Waals surface area contributed by atoms with Crippen molar-refractivity contribution in [2.45, 2.75) is 19.3 Å². The first-order chi connectivity index (χ1) is 9.15. The number of hydrogen-bond acceptors (Lipinski definition) is 1. The molecule has 2 aromatic rings. The fourth-order valence-corrected chi connectivity index (χ4v) is 2.98. The Morgan fingerprint density at radius 2 is 2.00 bits per heavy atom. The van der Waals surface area contributed by atoms with Gasteiger partial charge in [0, 0.05) is 10.2 Å². The van der Waals surface area contributed by atoms with E-state index in [1.165, 1.54) is 5.56 Å². The maximum Gasteiger partial charge on any atom is 0.232 e. The summed E-state index contributed by atoms with van der Waals surface area (Å²) in [4.78, 5) is 12.1. The number of rotatable bonds is 2. The van der Waals surface area contributed by atoms with Crippen molar-refractivity contribution in [3.8, 4) is 0 Å². The molecule has 1 amide bonds. The van der Waals surface area contributed by atoms with E-state index in [1.807, 2.05) is 30.3 Å².